The van der Waals surface area contributed by atoms with Gasteiger partial charge in [-0.1, -0.05) is 23.7 Å². The summed E-state index contributed by atoms with van der Waals surface area (Å²) in [6.45, 7) is 0.606. The van der Waals surface area contributed by atoms with Crippen LogP contribution in [0.5, 0.6) is 0 Å². The van der Waals surface area contributed by atoms with Crippen molar-refractivity contribution in [2.45, 2.75) is 37.1 Å². The number of rotatable bonds is 2. The molecule has 1 aromatic carbocycles. The molecule has 1 spiro atoms. The maximum atomic E-state index is 11.2. The van der Waals surface area contributed by atoms with Crippen molar-refractivity contribution in [3.63, 3.8) is 0 Å². The maximum Gasteiger partial charge on any atom is 0.145 e. The highest BCUT2D eigenvalue weighted by Gasteiger charge is 2.56. The van der Waals surface area contributed by atoms with Crippen LogP contribution >= 0.6 is 27.5 Å². The van der Waals surface area contributed by atoms with Crippen molar-refractivity contribution in [1.29, 1.82) is 0 Å². The highest BCUT2D eigenvalue weighted by Crippen LogP contribution is 2.52. The van der Waals surface area contributed by atoms with Gasteiger partial charge in [0, 0.05) is 29.6 Å². The quantitative estimate of drug-likeness (QED) is 0.294. The first-order chi connectivity index (χ1) is 15.9. The molecule has 10 heteroatoms. The van der Waals surface area contributed by atoms with Crippen LogP contribution in [0.25, 0.3) is 21.9 Å². The highest BCUT2D eigenvalue weighted by atomic mass is 79.9. The number of benzene rings is 1. The van der Waals surface area contributed by atoms with Crippen LogP contribution in [-0.2, 0) is 0 Å². The SMILES string of the molecule is Nc1nc2cc([C@H]3C[C@@]4(CN3)C[C@@H](n3ccc5c(Cl)ncnc53)[C@H](O)[C@@H]4O)ccc2cc1Br. The van der Waals surface area contributed by atoms with Gasteiger partial charge in [-0.3, -0.25) is 0 Å². The average molecular weight is 530 g/mol. The number of nitrogen functional groups attached to an aromatic ring is 1. The molecule has 3 aromatic heterocycles. The summed E-state index contributed by atoms with van der Waals surface area (Å²) in [7, 11) is 0. The summed E-state index contributed by atoms with van der Waals surface area (Å²) in [5, 5.41) is 27.9. The number of aliphatic hydroxyl groups excluding tert-OH is 2. The molecule has 0 radical (unpaired) electrons. The molecule has 0 bridgehead atoms. The fourth-order valence-corrected chi connectivity index (χ4v) is 6.11. The number of fused-ring (bicyclic) bond motifs is 2. The monoisotopic (exact) mass is 528 g/mol. The summed E-state index contributed by atoms with van der Waals surface area (Å²) in [6.07, 6.45) is 2.83. The topological polar surface area (TPSA) is 122 Å². The zero-order chi connectivity index (χ0) is 22.9. The minimum absolute atomic E-state index is 0.0415. The van der Waals surface area contributed by atoms with Gasteiger partial charge in [0.05, 0.1) is 27.5 Å². The lowest BCUT2D eigenvalue weighted by Crippen LogP contribution is -2.38. The number of hydrogen-bond donors (Lipinski definition) is 4. The van der Waals surface area contributed by atoms with Crippen molar-refractivity contribution in [3.8, 4) is 0 Å². The number of nitrogens with one attached hydrogen (secondary N) is 1. The lowest BCUT2D eigenvalue weighted by molar-refractivity contribution is -0.0218. The molecule has 2 fully saturated rings. The van der Waals surface area contributed by atoms with Gasteiger partial charge in [0.1, 0.15) is 29.0 Å². The van der Waals surface area contributed by atoms with E-state index >= 15 is 0 Å². The van der Waals surface area contributed by atoms with Crippen molar-refractivity contribution < 1.29 is 10.2 Å². The van der Waals surface area contributed by atoms with Gasteiger partial charge in [0.15, 0.2) is 0 Å². The first-order valence-electron chi connectivity index (χ1n) is 10.8. The van der Waals surface area contributed by atoms with E-state index < -0.39 is 17.6 Å². The van der Waals surface area contributed by atoms with Crippen LogP contribution in [0, 0.1) is 5.41 Å². The third-order valence-electron chi connectivity index (χ3n) is 7.31. The standard InChI is InChI=1S/C23H22BrClN6O2/c24-14-5-11-1-2-12(6-15(11)30-21(14)26)16-7-23(9-27-16)8-17(18(32)19(23)33)31-4-3-13-20(25)28-10-29-22(13)31/h1-6,10,16-19,27,32-33H,7-9H2,(H2,26,30)/t16-,17-,18+,19+,23+/m1/s1. The van der Waals surface area contributed by atoms with Gasteiger partial charge in [-0.25, -0.2) is 15.0 Å². The maximum absolute atomic E-state index is 11.2. The number of halogens is 2. The van der Waals surface area contributed by atoms with Crippen molar-refractivity contribution in [3.05, 3.63) is 58.0 Å². The Morgan fingerprint density at radius 3 is 2.88 bits per heavy atom. The number of aromatic nitrogens is 4. The minimum Gasteiger partial charge on any atom is -0.390 e. The number of aliphatic hydroxyl groups is 2. The molecule has 1 saturated carbocycles. The summed E-state index contributed by atoms with van der Waals surface area (Å²) in [4.78, 5) is 12.9. The minimum atomic E-state index is -0.912. The van der Waals surface area contributed by atoms with E-state index in [9.17, 15) is 10.2 Å². The van der Waals surface area contributed by atoms with Gasteiger partial charge in [-0.15, -0.1) is 0 Å². The first kappa shape index (κ1) is 21.2. The van der Waals surface area contributed by atoms with Crippen LogP contribution in [-0.4, -0.2) is 48.5 Å². The normalized spacial score (nSPS) is 29.6. The Morgan fingerprint density at radius 1 is 1.18 bits per heavy atom. The zero-order valence-corrected chi connectivity index (χ0v) is 19.8. The second kappa shape index (κ2) is 7.61. The molecule has 5 atom stereocenters. The van der Waals surface area contributed by atoms with Crippen molar-refractivity contribution in [1.82, 2.24) is 24.8 Å². The smallest absolute Gasteiger partial charge is 0.145 e. The molecule has 4 aromatic rings. The first-order valence-corrected chi connectivity index (χ1v) is 12.0. The number of anilines is 1. The fraction of sp³-hybridized carbons (Fsp3) is 0.348. The molecule has 1 aliphatic carbocycles. The van der Waals surface area contributed by atoms with Gasteiger partial charge in [0.2, 0.25) is 0 Å². The second-order valence-electron chi connectivity index (χ2n) is 9.14. The number of hydrogen-bond acceptors (Lipinski definition) is 7. The molecule has 4 heterocycles. The molecule has 170 valence electrons. The van der Waals surface area contributed by atoms with Crippen molar-refractivity contribution in [2.24, 2.45) is 5.41 Å². The van der Waals surface area contributed by atoms with E-state index in [1.54, 1.807) is 0 Å². The van der Waals surface area contributed by atoms with Crippen LogP contribution in [0.3, 0.4) is 0 Å². The van der Waals surface area contributed by atoms with E-state index in [4.69, 9.17) is 17.3 Å². The van der Waals surface area contributed by atoms with Gasteiger partial charge in [-0.05, 0) is 52.5 Å². The van der Waals surface area contributed by atoms with E-state index in [2.05, 4.69) is 42.3 Å². The van der Waals surface area contributed by atoms with Crippen LogP contribution in [0.2, 0.25) is 5.15 Å². The van der Waals surface area contributed by atoms with Crippen molar-refractivity contribution >= 4 is 55.3 Å². The van der Waals surface area contributed by atoms with E-state index in [1.165, 1.54) is 6.33 Å². The Morgan fingerprint density at radius 2 is 2.03 bits per heavy atom. The average Bonchev–Trinajstić information content (AvgIpc) is 3.48. The van der Waals surface area contributed by atoms with E-state index in [0.717, 1.165) is 26.3 Å². The molecule has 1 saturated heterocycles. The Labute approximate surface area is 202 Å². The summed E-state index contributed by atoms with van der Waals surface area (Å²) >= 11 is 9.63. The summed E-state index contributed by atoms with van der Waals surface area (Å²) in [6, 6.07) is 9.71. The number of nitrogens with zero attached hydrogens (tertiary/aromatic N) is 4. The number of nitrogens with two attached hydrogens (primary N) is 1. The second-order valence-corrected chi connectivity index (χ2v) is 10.4. The van der Waals surface area contributed by atoms with Crippen LogP contribution in [0.1, 0.15) is 30.5 Å². The Hall–Kier alpha value is -2.30. The molecule has 8 nitrogen and oxygen atoms in total. The molecular weight excluding hydrogens is 508 g/mol. The molecule has 1 aliphatic heterocycles. The third-order valence-corrected chi connectivity index (χ3v) is 8.25. The molecule has 2 aliphatic rings. The summed E-state index contributed by atoms with van der Waals surface area (Å²) < 4.78 is 2.69. The van der Waals surface area contributed by atoms with E-state index in [1.807, 2.05) is 35.0 Å². The van der Waals surface area contributed by atoms with Gasteiger partial charge >= 0.3 is 0 Å². The fourth-order valence-electron chi connectivity index (χ4n) is 5.59. The Balaban J connectivity index is 1.30. The molecule has 33 heavy (non-hydrogen) atoms. The third kappa shape index (κ3) is 3.25. The van der Waals surface area contributed by atoms with E-state index in [-0.39, 0.29) is 12.1 Å². The van der Waals surface area contributed by atoms with Crippen LogP contribution in [0.4, 0.5) is 5.82 Å². The van der Waals surface area contributed by atoms with Crippen LogP contribution in [0.15, 0.2) is 47.3 Å². The largest absolute Gasteiger partial charge is 0.390 e. The van der Waals surface area contributed by atoms with Crippen LogP contribution < -0.4 is 11.1 Å². The van der Waals surface area contributed by atoms with Crippen molar-refractivity contribution in [2.75, 3.05) is 12.3 Å². The number of pyridine rings is 1. The highest BCUT2D eigenvalue weighted by molar-refractivity contribution is 9.10. The lowest BCUT2D eigenvalue weighted by Gasteiger charge is -2.27. The predicted molar refractivity (Wildman–Crippen MR) is 130 cm³/mol. The zero-order valence-electron chi connectivity index (χ0n) is 17.5. The van der Waals surface area contributed by atoms with Gasteiger partial charge in [-0.2, -0.15) is 0 Å². The molecule has 5 N–H and O–H groups in total. The molecule has 0 amide bonds. The van der Waals surface area contributed by atoms with Gasteiger partial charge < -0.3 is 25.8 Å². The Kier molecular flexibility index (Phi) is 4.90. The predicted octanol–water partition coefficient (Wildman–Crippen LogP) is 3.37. The van der Waals surface area contributed by atoms with Gasteiger partial charge in [0.25, 0.3) is 0 Å². The molecule has 6 rings (SSSR count). The lowest BCUT2D eigenvalue weighted by atomic mass is 9.80. The molecular formula is C23H22BrClN6O2. The molecule has 0 unspecified atom stereocenters. The summed E-state index contributed by atoms with van der Waals surface area (Å²) in [5.74, 6) is 0.454. The van der Waals surface area contributed by atoms with E-state index in [0.29, 0.717) is 36.0 Å². The summed E-state index contributed by atoms with van der Waals surface area (Å²) in [5.41, 5.74) is 8.10. The Bertz CT molecular complexity index is 1400.